The molecule has 0 bridgehead atoms. The van der Waals surface area contributed by atoms with Gasteiger partial charge in [-0.3, -0.25) is 9.59 Å². The first-order valence-electron chi connectivity index (χ1n) is 15.7. The van der Waals surface area contributed by atoms with Crippen LogP contribution < -0.4 is 10.1 Å². The second-order valence-corrected chi connectivity index (χ2v) is 12.6. The summed E-state index contributed by atoms with van der Waals surface area (Å²) in [6.45, 7) is 5.27. The van der Waals surface area contributed by atoms with Crippen LogP contribution in [0.2, 0.25) is 0 Å². The van der Waals surface area contributed by atoms with Crippen molar-refractivity contribution in [2.75, 3.05) is 12.9 Å². The zero-order valence-corrected chi connectivity index (χ0v) is 27.9. The topological polar surface area (TPSA) is 103 Å². The maximum atomic E-state index is 12.4. The minimum atomic E-state index is -0.862. The molecule has 0 spiro atoms. The van der Waals surface area contributed by atoms with Crippen LogP contribution in [0, 0.1) is 5.92 Å². The third kappa shape index (κ3) is 8.81. The smallest absolute Gasteiger partial charge is 0.303 e. The Morgan fingerprint density at radius 2 is 1.62 bits per heavy atom. The van der Waals surface area contributed by atoms with E-state index in [0.717, 1.165) is 44.0 Å². The van der Waals surface area contributed by atoms with Gasteiger partial charge in [-0.1, -0.05) is 79.7 Å². The van der Waals surface area contributed by atoms with Gasteiger partial charge in [0.1, 0.15) is 5.75 Å². The van der Waals surface area contributed by atoms with Gasteiger partial charge in [0, 0.05) is 35.6 Å². The average Bonchev–Trinajstić information content (AvgIpc) is 3.10. The number of amides is 1. The number of nitrogens with one attached hydrogen (secondary N) is 1. The Morgan fingerprint density at radius 1 is 0.894 bits per heavy atom. The molecule has 1 aliphatic rings. The summed E-state index contributed by atoms with van der Waals surface area (Å²) in [5.74, 6) is 0.732. The standard InChI is InChI=1S/C38H41NO7S/c1-24-34(23-47-35-14-6-5-13-33(35)43-4)45-38(46-36(24)29-17-15-27(22-40)16-18-29)32-12-8-11-31(20-32)30-10-7-9-28(19-30)21-39-37(42)25(2)44-26(3)41/h5-20,24-25,34,36,38,40H,21-23H2,1-4H3,(H,39,42)/t24-,25+,34+,36+,38+/m1/s1. The van der Waals surface area contributed by atoms with Crippen molar-refractivity contribution >= 4 is 23.6 Å². The third-order valence-corrected chi connectivity index (χ3v) is 9.34. The van der Waals surface area contributed by atoms with E-state index < -0.39 is 18.4 Å². The molecule has 0 radical (unpaired) electrons. The van der Waals surface area contributed by atoms with Gasteiger partial charge >= 0.3 is 5.97 Å². The Balaban J connectivity index is 1.37. The van der Waals surface area contributed by atoms with Crippen LogP contribution in [0.3, 0.4) is 0 Å². The van der Waals surface area contributed by atoms with Crippen molar-refractivity contribution in [1.82, 2.24) is 5.32 Å². The van der Waals surface area contributed by atoms with Gasteiger partial charge in [-0.05, 0) is 59.0 Å². The van der Waals surface area contributed by atoms with Crippen LogP contribution in [-0.4, -0.2) is 42.1 Å². The van der Waals surface area contributed by atoms with Crippen LogP contribution >= 0.6 is 11.8 Å². The molecule has 0 saturated carbocycles. The first-order valence-corrected chi connectivity index (χ1v) is 16.6. The van der Waals surface area contributed by atoms with Gasteiger partial charge in [0.2, 0.25) is 0 Å². The summed E-state index contributed by atoms with van der Waals surface area (Å²) in [6.07, 6.45) is -1.83. The van der Waals surface area contributed by atoms with Crippen molar-refractivity contribution < 1.29 is 33.6 Å². The lowest BCUT2D eigenvalue weighted by Crippen LogP contribution is -2.38. The molecular weight excluding hydrogens is 614 g/mol. The fraction of sp³-hybridized carbons (Fsp3) is 0.316. The quantitative estimate of drug-likeness (QED) is 0.124. The van der Waals surface area contributed by atoms with Crippen LogP contribution in [0.15, 0.2) is 102 Å². The van der Waals surface area contributed by atoms with E-state index in [-0.39, 0.29) is 30.6 Å². The molecule has 8 nitrogen and oxygen atoms in total. The van der Waals surface area contributed by atoms with E-state index in [1.807, 2.05) is 84.9 Å². The van der Waals surface area contributed by atoms with Crippen LogP contribution in [0.5, 0.6) is 5.75 Å². The van der Waals surface area contributed by atoms with Crippen molar-refractivity contribution in [3.05, 3.63) is 119 Å². The molecule has 9 heteroatoms. The van der Waals surface area contributed by atoms with Crippen molar-refractivity contribution in [3.63, 3.8) is 0 Å². The Morgan fingerprint density at radius 3 is 2.34 bits per heavy atom. The number of thioether (sulfide) groups is 1. The van der Waals surface area contributed by atoms with Gasteiger partial charge < -0.3 is 29.4 Å². The lowest BCUT2D eigenvalue weighted by molar-refractivity contribution is -0.268. The summed E-state index contributed by atoms with van der Waals surface area (Å²) in [7, 11) is 1.68. The Hall–Kier alpha value is -4.15. The van der Waals surface area contributed by atoms with Crippen molar-refractivity contribution in [2.45, 2.75) is 63.4 Å². The largest absolute Gasteiger partial charge is 0.496 e. The fourth-order valence-electron chi connectivity index (χ4n) is 5.58. The molecule has 1 saturated heterocycles. The number of rotatable bonds is 12. The summed E-state index contributed by atoms with van der Waals surface area (Å²) in [4.78, 5) is 24.6. The van der Waals surface area contributed by atoms with E-state index in [4.69, 9.17) is 18.9 Å². The second kappa shape index (κ2) is 16.1. The summed E-state index contributed by atoms with van der Waals surface area (Å²) in [5, 5.41) is 12.4. The van der Waals surface area contributed by atoms with E-state index in [1.165, 1.54) is 6.92 Å². The molecule has 2 N–H and O–H groups in total. The predicted octanol–water partition coefficient (Wildman–Crippen LogP) is 7.01. The van der Waals surface area contributed by atoms with E-state index in [9.17, 15) is 14.7 Å². The van der Waals surface area contributed by atoms with E-state index in [1.54, 1.807) is 25.8 Å². The molecule has 0 aliphatic carbocycles. The van der Waals surface area contributed by atoms with Crippen LogP contribution in [0.4, 0.5) is 0 Å². The Labute approximate surface area is 280 Å². The minimum absolute atomic E-state index is 0.0148. The summed E-state index contributed by atoms with van der Waals surface area (Å²) in [6, 6.07) is 32.0. The first kappa shape index (κ1) is 34.2. The number of ether oxygens (including phenoxy) is 4. The van der Waals surface area contributed by atoms with Crippen molar-refractivity contribution in [2.24, 2.45) is 5.92 Å². The normalized spacial score (nSPS) is 19.9. The maximum Gasteiger partial charge on any atom is 0.303 e. The molecule has 246 valence electrons. The van der Waals surface area contributed by atoms with Crippen LogP contribution in [0.25, 0.3) is 11.1 Å². The fourth-order valence-corrected chi connectivity index (χ4v) is 6.78. The summed E-state index contributed by atoms with van der Waals surface area (Å²) < 4.78 is 24.0. The number of carbonyl (C=O) groups is 2. The molecule has 0 aromatic heterocycles. The number of esters is 1. The third-order valence-electron chi connectivity index (χ3n) is 8.19. The number of para-hydroxylation sites is 1. The highest BCUT2D eigenvalue weighted by Gasteiger charge is 2.38. The van der Waals surface area contributed by atoms with Crippen molar-refractivity contribution in [3.8, 4) is 16.9 Å². The molecule has 1 amide bonds. The van der Waals surface area contributed by atoms with Gasteiger partial charge in [-0.15, -0.1) is 11.8 Å². The summed E-state index contributed by atoms with van der Waals surface area (Å²) in [5.41, 5.74) is 5.65. The molecule has 4 aromatic carbocycles. The molecule has 1 heterocycles. The monoisotopic (exact) mass is 655 g/mol. The van der Waals surface area contributed by atoms with Gasteiger partial charge in [0.15, 0.2) is 12.4 Å². The Kier molecular flexibility index (Phi) is 11.7. The van der Waals surface area contributed by atoms with Crippen LogP contribution in [-0.2, 0) is 37.0 Å². The van der Waals surface area contributed by atoms with Gasteiger partial charge in [0.05, 0.1) is 25.9 Å². The minimum Gasteiger partial charge on any atom is -0.496 e. The van der Waals surface area contributed by atoms with Crippen molar-refractivity contribution in [1.29, 1.82) is 0 Å². The lowest BCUT2D eigenvalue weighted by atomic mass is 9.91. The number of methoxy groups -OCH3 is 1. The predicted molar refractivity (Wildman–Crippen MR) is 182 cm³/mol. The van der Waals surface area contributed by atoms with Gasteiger partial charge in [-0.25, -0.2) is 0 Å². The molecule has 5 atom stereocenters. The number of hydrogen-bond donors (Lipinski definition) is 2. The highest BCUT2D eigenvalue weighted by Crippen LogP contribution is 2.44. The zero-order valence-electron chi connectivity index (χ0n) is 27.1. The first-order chi connectivity index (χ1) is 22.7. The maximum absolute atomic E-state index is 12.4. The molecule has 47 heavy (non-hydrogen) atoms. The molecule has 1 aliphatic heterocycles. The summed E-state index contributed by atoms with van der Waals surface area (Å²) >= 11 is 1.70. The Bertz CT molecular complexity index is 1660. The lowest BCUT2D eigenvalue weighted by Gasteiger charge is -2.41. The molecule has 4 aromatic rings. The zero-order chi connectivity index (χ0) is 33.3. The highest BCUT2D eigenvalue weighted by atomic mass is 32.2. The number of benzene rings is 4. The molecular formula is C38H41NO7S. The SMILES string of the molecule is COc1ccccc1SC[C@@H]1O[C@H](c2cccc(-c3cccc(CNC(=O)[C@H](C)OC(C)=O)c3)c2)O[C@H](c2ccc(CO)cc2)[C@@H]1C. The van der Waals surface area contributed by atoms with E-state index >= 15 is 0 Å². The van der Waals surface area contributed by atoms with Gasteiger partial charge in [-0.2, -0.15) is 0 Å². The number of carbonyl (C=O) groups excluding carboxylic acids is 2. The number of aliphatic hydroxyl groups excluding tert-OH is 1. The number of aliphatic hydroxyl groups is 1. The van der Waals surface area contributed by atoms with Crippen LogP contribution in [0.1, 0.15) is 55.4 Å². The highest BCUT2D eigenvalue weighted by molar-refractivity contribution is 7.99. The average molecular weight is 656 g/mol. The molecule has 0 unspecified atom stereocenters. The molecule has 5 rings (SSSR count). The molecule has 1 fully saturated rings. The van der Waals surface area contributed by atoms with Gasteiger partial charge in [0.25, 0.3) is 5.91 Å². The van der Waals surface area contributed by atoms with E-state index in [0.29, 0.717) is 12.3 Å². The van der Waals surface area contributed by atoms with E-state index in [2.05, 4.69) is 24.4 Å². The number of hydrogen-bond acceptors (Lipinski definition) is 8. The second-order valence-electron chi connectivity index (χ2n) is 11.6.